The molecule has 1 amide bonds. The molecule has 0 saturated heterocycles. The van der Waals surface area contributed by atoms with Crippen LogP contribution < -0.4 is 9.64 Å². The third-order valence-corrected chi connectivity index (χ3v) is 9.85. The second kappa shape index (κ2) is 13.3. The van der Waals surface area contributed by atoms with Crippen LogP contribution in [0, 0.1) is 11.8 Å². The molecule has 0 spiro atoms. The maximum Gasteiger partial charge on any atom is 0.343 e. The fourth-order valence-corrected chi connectivity index (χ4v) is 6.71. The van der Waals surface area contributed by atoms with Crippen LogP contribution in [0.2, 0.25) is 5.02 Å². The van der Waals surface area contributed by atoms with Crippen molar-refractivity contribution in [1.29, 1.82) is 0 Å². The molecule has 5 rings (SSSR count). The zero-order valence-electron chi connectivity index (χ0n) is 25.3. The smallest absolute Gasteiger partial charge is 0.343 e. The minimum absolute atomic E-state index is 0.128. The molecule has 9 heteroatoms. The Morgan fingerprint density at radius 1 is 1.14 bits per heavy atom. The van der Waals surface area contributed by atoms with E-state index < -0.39 is 24.1 Å². The number of aliphatic hydroxyl groups excluding tert-OH is 1. The summed E-state index contributed by atoms with van der Waals surface area (Å²) in [5, 5.41) is 23.7. The molecule has 0 aromatic heterocycles. The van der Waals surface area contributed by atoms with Crippen LogP contribution in [-0.4, -0.2) is 66.4 Å². The van der Waals surface area contributed by atoms with Crippen molar-refractivity contribution in [2.45, 2.75) is 76.2 Å². The van der Waals surface area contributed by atoms with Crippen LogP contribution in [0.5, 0.6) is 5.75 Å². The van der Waals surface area contributed by atoms with Crippen LogP contribution in [0.1, 0.15) is 62.1 Å². The lowest BCUT2D eigenvalue weighted by Gasteiger charge is -2.43. The predicted molar refractivity (Wildman–Crippen MR) is 166 cm³/mol. The number of carbonyl (C=O) groups excluding carboxylic acids is 2. The van der Waals surface area contributed by atoms with Crippen LogP contribution in [0.25, 0.3) is 0 Å². The molecule has 43 heavy (non-hydrogen) atoms. The van der Waals surface area contributed by atoms with E-state index in [9.17, 15) is 19.8 Å². The number of carbonyl (C=O) groups is 2. The monoisotopic (exact) mass is 610 g/mol. The topological polar surface area (TPSA) is 99.5 Å². The van der Waals surface area contributed by atoms with Crippen LogP contribution in [-0.2, 0) is 33.0 Å². The minimum Gasteiger partial charge on any atom is -0.487 e. The molecular weight excluding hydrogens is 568 g/mol. The zero-order valence-corrected chi connectivity index (χ0v) is 26.1. The van der Waals surface area contributed by atoms with Crippen molar-refractivity contribution >= 4 is 29.2 Å². The molecule has 232 valence electrons. The van der Waals surface area contributed by atoms with Gasteiger partial charge in [0, 0.05) is 31.2 Å². The van der Waals surface area contributed by atoms with E-state index in [1.54, 1.807) is 25.2 Å². The van der Waals surface area contributed by atoms with Crippen molar-refractivity contribution in [2.75, 3.05) is 32.1 Å². The molecule has 2 aromatic rings. The Kier molecular flexibility index (Phi) is 9.69. The Labute approximate surface area is 259 Å². The molecule has 8 nitrogen and oxygen atoms in total. The number of ether oxygens (including phenoxy) is 2. The lowest BCUT2D eigenvalue weighted by molar-refractivity contribution is -0.168. The van der Waals surface area contributed by atoms with Gasteiger partial charge in [-0.25, -0.2) is 4.79 Å². The second-order valence-corrected chi connectivity index (χ2v) is 12.8. The van der Waals surface area contributed by atoms with Crippen molar-refractivity contribution in [1.82, 2.24) is 4.90 Å². The Morgan fingerprint density at radius 3 is 2.70 bits per heavy atom. The van der Waals surface area contributed by atoms with Crippen molar-refractivity contribution in [2.24, 2.45) is 11.8 Å². The van der Waals surface area contributed by atoms with E-state index in [1.807, 2.05) is 37.3 Å². The van der Waals surface area contributed by atoms with Crippen LogP contribution in [0.4, 0.5) is 5.69 Å². The number of aliphatic hydroxyl groups is 2. The third-order valence-electron chi connectivity index (χ3n) is 9.62. The van der Waals surface area contributed by atoms with E-state index >= 15 is 0 Å². The number of methoxy groups -OCH3 is 1. The highest BCUT2D eigenvalue weighted by Gasteiger charge is 2.44. The van der Waals surface area contributed by atoms with Gasteiger partial charge in [0.05, 0.1) is 25.3 Å². The third kappa shape index (κ3) is 6.71. The van der Waals surface area contributed by atoms with E-state index in [0.29, 0.717) is 30.3 Å². The first kappa shape index (κ1) is 31.4. The van der Waals surface area contributed by atoms with E-state index in [1.165, 1.54) is 12.0 Å². The van der Waals surface area contributed by atoms with Crippen molar-refractivity contribution in [3.63, 3.8) is 0 Å². The Bertz CT molecular complexity index is 1360. The predicted octanol–water partition coefficient (Wildman–Crippen LogP) is 5.01. The fraction of sp³-hybridized carbons (Fsp3) is 0.529. The highest BCUT2D eigenvalue weighted by Crippen LogP contribution is 2.42. The molecule has 1 aliphatic carbocycles. The molecule has 5 atom stereocenters. The minimum atomic E-state index is -2.18. The van der Waals surface area contributed by atoms with E-state index in [0.717, 1.165) is 55.5 Å². The van der Waals surface area contributed by atoms with Gasteiger partial charge < -0.3 is 29.5 Å². The van der Waals surface area contributed by atoms with E-state index in [4.69, 9.17) is 21.1 Å². The molecule has 3 aliphatic rings. The summed E-state index contributed by atoms with van der Waals surface area (Å²) < 4.78 is 11.5. The van der Waals surface area contributed by atoms with Gasteiger partial charge in [0.2, 0.25) is 5.91 Å². The molecule has 0 unspecified atom stereocenters. The number of nitrogens with zero attached hydrogens (tertiary/aromatic N) is 2. The molecule has 2 N–H and O–H groups in total. The number of hydrogen-bond acceptors (Lipinski definition) is 7. The summed E-state index contributed by atoms with van der Waals surface area (Å²) in [5.41, 5.74) is 1.06. The van der Waals surface area contributed by atoms with Gasteiger partial charge >= 0.3 is 5.97 Å². The normalized spacial score (nSPS) is 29.2. The largest absolute Gasteiger partial charge is 0.487 e. The zero-order chi connectivity index (χ0) is 30.7. The first-order valence-corrected chi connectivity index (χ1v) is 15.7. The van der Waals surface area contributed by atoms with Gasteiger partial charge in [-0.05, 0) is 98.2 Å². The van der Waals surface area contributed by atoms with Gasteiger partial charge in [0.1, 0.15) is 12.4 Å². The van der Waals surface area contributed by atoms with Gasteiger partial charge in [-0.15, -0.1) is 0 Å². The van der Waals surface area contributed by atoms with Crippen molar-refractivity contribution in [3.8, 4) is 5.75 Å². The maximum absolute atomic E-state index is 13.4. The Balaban J connectivity index is 1.60. The average molecular weight is 611 g/mol. The summed E-state index contributed by atoms with van der Waals surface area (Å²) in [4.78, 5) is 30.4. The number of esters is 1. The average Bonchev–Trinajstić information content (AvgIpc) is 3.00. The molecule has 2 aromatic carbocycles. The molecule has 2 heterocycles. The van der Waals surface area contributed by atoms with E-state index in [-0.39, 0.29) is 29.3 Å². The number of hydrogen-bond donors (Lipinski definition) is 2. The molecule has 1 fully saturated rings. The number of halogens is 1. The van der Waals surface area contributed by atoms with Crippen molar-refractivity contribution in [3.05, 3.63) is 70.3 Å². The van der Waals surface area contributed by atoms with Gasteiger partial charge in [-0.2, -0.15) is 0 Å². The first-order valence-electron chi connectivity index (χ1n) is 15.3. The summed E-state index contributed by atoms with van der Waals surface area (Å²) in [5.74, 6) is -0.261. The molecule has 1 saturated carbocycles. The summed E-state index contributed by atoms with van der Waals surface area (Å²) in [6, 6.07) is 10.9. The molecule has 0 radical (unpaired) electrons. The van der Waals surface area contributed by atoms with E-state index in [2.05, 4.69) is 4.90 Å². The summed E-state index contributed by atoms with van der Waals surface area (Å²) in [7, 11) is 2.88. The number of aryl methyl sites for hydroxylation is 1. The lowest BCUT2D eigenvalue weighted by Crippen LogP contribution is -2.45. The van der Waals surface area contributed by atoms with Gasteiger partial charge in [0.15, 0.2) is 5.60 Å². The quantitative estimate of drug-likeness (QED) is 0.346. The fourth-order valence-electron chi connectivity index (χ4n) is 6.52. The number of anilines is 1. The van der Waals surface area contributed by atoms with Gasteiger partial charge in [-0.3, -0.25) is 4.79 Å². The lowest BCUT2D eigenvalue weighted by atomic mass is 9.70. The van der Waals surface area contributed by atoms with Gasteiger partial charge in [-0.1, -0.05) is 35.9 Å². The Hall–Kier alpha value is -3.07. The molecule has 2 aliphatic heterocycles. The SMILES string of the molecule is COC(=O)[C@]1(O)CC(=O)N(C)[C@@H](C)C/C=C/[C@H](O)[C@@H]2CC[C@H]2CN2CCCCc3cc(Cl)ccc3COc3ccc1cc32. The number of benzene rings is 2. The number of amides is 1. The summed E-state index contributed by atoms with van der Waals surface area (Å²) >= 11 is 6.32. The maximum atomic E-state index is 13.4. The second-order valence-electron chi connectivity index (χ2n) is 12.3. The highest BCUT2D eigenvalue weighted by molar-refractivity contribution is 6.30. The summed E-state index contributed by atoms with van der Waals surface area (Å²) in [6.07, 6.45) is 7.97. The number of fused-ring (bicyclic) bond motifs is 3. The first-order chi connectivity index (χ1) is 20.6. The molecule has 2 bridgehead atoms. The number of rotatable bonds is 1. The summed E-state index contributed by atoms with van der Waals surface area (Å²) in [6.45, 7) is 3.66. The van der Waals surface area contributed by atoms with Gasteiger partial charge in [0.25, 0.3) is 0 Å². The van der Waals surface area contributed by atoms with Crippen LogP contribution in [0.3, 0.4) is 0 Å². The van der Waals surface area contributed by atoms with Crippen LogP contribution in [0.15, 0.2) is 48.6 Å². The highest BCUT2D eigenvalue weighted by atomic mass is 35.5. The Morgan fingerprint density at radius 2 is 1.95 bits per heavy atom. The van der Waals surface area contributed by atoms with Crippen LogP contribution >= 0.6 is 11.6 Å². The van der Waals surface area contributed by atoms with Crippen molar-refractivity contribution < 1.29 is 29.3 Å². The standard InChI is InChI=1S/C34H43ClN2O6/c1-22-7-6-9-30(38)28-14-11-24(28)20-37-16-5-4-8-23-17-27(35)13-10-25(23)21-43-31-15-12-26(18-29(31)37)34(41,33(40)42-3)19-32(39)36(22)2/h6,9-10,12-13,15,17-18,22,24,28,30,38,41H,4-5,7-8,11,14,16,19-21H2,1-3H3/b9-6+/t22-,24-,28+,30-,34-/m0/s1. The molecular formula is C34H43ClN2O6.